The number of nitro groups is 1. The van der Waals surface area contributed by atoms with Crippen LogP contribution in [0.1, 0.15) is 106 Å². The van der Waals surface area contributed by atoms with Crippen LogP contribution < -0.4 is 30.1 Å². The van der Waals surface area contributed by atoms with Crippen LogP contribution >= 0.6 is 0 Å². The Balaban J connectivity index is 0.865. The fourth-order valence-electron chi connectivity index (χ4n) is 11.7. The van der Waals surface area contributed by atoms with Crippen LogP contribution in [0.4, 0.5) is 26.2 Å². The Morgan fingerprint density at radius 1 is 1.04 bits per heavy atom. The van der Waals surface area contributed by atoms with E-state index in [0.717, 1.165) is 50.0 Å². The number of nitro benzene ring substituents is 1. The molecule has 0 unspecified atom stereocenters. The van der Waals surface area contributed by atoms with Gasteiger partial charge >= 0.3 is 6.03 Å². The summed E-state index contributed by atoms with van der Waals surface area (Å²) in [6.45, 7) is 9.57. The quantitative estimate of drug-likeness (QED) is 0.0625. The SMILES string of the molecule is CC(C)c1ccccc1[C@H]1CN(C(N)=O)CCN1C1CC2(CCN(c3ccc(C(=O)NS(=O)(=O)c4cc5c(c([N+](=O)[O-])c4)N[C@@H]([C@H]4CC[C@](C)(O)CC4)CO5)c(Oc4cnc5[nH]cc(F)c5c4)c3)CC2)C1. The van der Waals surface area contributed by atoms with Gasteiger partial charge in [0.15, 0.2) is 11.4 Å². The van der Waals surface area contributed by atoms with E-state index in [9.17, 15) is 37.6 Å². The van der Waals surface area contributed by atoms with Gasteiger partial charge in [-0.05, 0) is 105 Å². The summed E-state index contributed by atoms with van der Waals surface area (Å²) in [5.41, 5.74) is 8.04. The van der Waals surface area contributed by atoms with E-state index < -0.39 is 48.9 Å². The number of nitrogens with one attached hydrogen (secondary N) is 3. The molecular formula is C51H60FN9O9S. The molecular weight excluding hydrogens is 934 g/mol. The maximum absolute atomic E-state index is 14.7. The molecule has 5 aromatic rings. The average molecular weight is 994 g/mol. The molecule has 2 atom stereocenters. The summed E-state index contributed by atoms with van der Waals surface area (Å²) >= 11 is 0. The summed E-state index contributed by atoms with van der Waals surface area (Å²) in [4.78, 5) is 51.2. The van der Waals surface area contributed by atoms with Gasteiger partial charge in [0.25, 0.3) is 21.6 Å². The molecule has 1 spiro atoms. The number of sulfonamides is 1. The lowest BCUT2D eigenvalue weighted by atomic mass is 9.59. The number of primary amides is 1. The standard InChI is InChI=1S/C51H60FN9O9S/c1-30(2)36-6-4-5-7-37(36)43-28-59(49(53)63)18-19-60(43)33-24-51(25-33)14-16-58(17-15-51)32-8-9-38(44(20-32)70-34-21-39-40(52)27-55-47(39)54-26-34)48(62)57-71(67,68)35-22-42(61(65)66)46-45(23-35)69-29-41(56-46)31-10-12-50(3,64)13-11-31/h4-9,20-23,26-27,30-31,33,41,43,56,64H,10-19,24-25,28-29H2,1-3H3,(H2,53,63)(H,54,55)(H,57,62)/t31-,41-,43-,50-/m1/s1. The van der Waals surface area contributed by atoms with E-state index in [0.29, 0.717) is 63.8 Å². The number of urea groups is 1. The highest BCUT2D eigenvalue weighted by molar-refractivity contribution is 7.90. The molecule has 71 heavy (non-hydrogen) atoms. The zero-order valence-corrected chi connectivity index (χ0v) is 40.8. The predicted molar refractivity (Wildman–Crippen MR) is 264 cm³/mol. The Bertz CT molecular complexity index is 2990. The van der Waals surface area contributed by atoms with E-state index in [1.165, 1.54) is 35.7 Å². The van der Waals surface area contributed by atoms with Gasteiger partial charge in [0, 0.05) is 68.8 Å². The van der Waals surface area contributed by atoms with E-state index in [1.54, 1.807) is 24.0 Å². The molecule has 20 heteroatoms. The van der Waals surface area contributed by atoms with Crippen molar-refractivity contribution in [3.63, 3.8) is 0 Å². The number of pyridine rings is 1. The summed E-state index contributed by atoms with van der Waals surface area (Å²) in [7, 11) is -4.74. The second-order valence-corrected chi connectivity index (χ2v) is 22.4. The third-order valence-corrected chi connectivity index (χ3v) is 17.1. The first-order valence-corrected chi connectivity index (χ1v) is 25.9. The minimum Gasteiger partial charge on any atom is -0.489 e. The van der Waals surface area contributed by atoms with Gasteiger partial charge in [-0.2, -0.15) is 0 Å². The fourth-order valence-corrected chi connectivity index (χ4v) is 12.7. The number of fused-ring (bicyclic) bond motifs is 2. The molecule has 2 aliphatic carbocycles. The number of piperazine rings is 1. The van der Waals surface area contributed by atoms with Crippen molar-refractivity contribution in [2.45, 2.75) is 107 Å². The Morgan fingerprint density at radius 2 is 1.79 bits per heavy atom. The lowest BCUT2D eigenvalue weighted by Gasteiger charge is -2.58. The number of rotatable bonds is 11. The number of anilines is 2. The number of benzene rings is 3. The molecule has 18 nitrogen and oxygen atoms in total. The second kappa shape index (κ2) is 18.6. The van der Waals surface area contributed by atoms with Crippen molar-refractivity contribution in [2.24, 2.45) is 17.1 Å². The molecule has 4 fully saturated rings. The minimum absolute atomic E-state index is 0.0154. The van der Waals surface area contributed by atoms with Crippen molar-refractivity contribution in [1.29, 1.82) is 0 Å². The molecule has 0 bridgehead atoms. The van der Waals surface area contributed by atoms with Gasteiger partial charge in [-0.1, -0.05) is 38.1 Å². The molecule has 5 heterocycles. The van der Waals surface area contributed by atoms with Crippen LogP contribution in [-0.2, 0) is 10.0 Å². The molecule has 3 aromatic carbocycles. The van der Waals surface area contributed by atoms with Crippen LogP contribution in [0.25, 0.3) is 11.0 Å². The largest absolute Gasteiger partial charge is 0.489 e. The third-order valence-electron chi connectivity index (χ3n) is 15.8. The number of ether oxygens (including phenoxy) is 2. The summed E-state index contributed by atoms with van der Waals surface area (Å²) in [6, 6.07) is 16.5. The normalized spacial score (nSPS) is 23.7. The highest BCUT2D eigenvalue weighted by Gasteiger charge is 2.50. The van der Waals surface area contributed by atoms with Gasteiger partial charge in [-0.3, -0.25) is 19.8 Å². The number of carbonyl (C=O) groups is 2. The Hall–Kier alpha value is -6.51. The number of amides is 3. The number of nitrogens with two attached hydrogens (primary N) is 1. The van der Waals surface area contributed by atoms with Gasteiger partial charge in [-0.25, -0.2) is 27.3 Å². The molecule has 3 aliphatic heterocycles. The number of halogens is 1. The monoisotopic (exact) mass is 993 g/mol. The Kier molecular flexibility index (Phi) is 12.6. The van der Waals surface area contributed by atoms with Crippen molar-refractivity contribution >= 4 is 50.1 Å². The van der Waals surface area contributed by atoms with Crippen LogP contribution in [0.15, 0.2) is 78.0 Å². The predicted octanol–water partition coefficient (Wildman–Crippen LogP) is 7.95. The van der Waals surface area contributed by atoms with Crippen molar-refractivity contribution in [2.75, 3.05) is 49.5 Å². The molecule has 5 aliphatic rings. The van der Waals surface area contributed by atoms with E-state index in [-0.39, 0.29) is 69.6 Å². The molecule has 6 N–H and O–H groups in total. The summed E-state index contributed by atoms with van der Waals surface area (Å²) in [6.07, 6.45) is 8.93. The van der Waals surface area contributed by atoms with Crippen LogP contribution in [0, 0.1) is 27.3 Å². The number of hydrogen-bond acceptors (Lipinski definition) is 13. The number of hydrogen-bond donors (Lipinski definition) is 5. The van der Waals surface area contributed by atoms with Crippen LogP contribution in [0.5, 0.6) is 17.2 Å². The topological polar surface area (TPSA) is 239 Å². The highest BCUT2D eigenvalue weighted by Crippen LogP contribution is 2.53. The lowest BCUT2D eigenvalue weighted by Crippen LogP contribution is -2.61. The highest BCUT2D eigenvalue weighted by atomic mass is 32.2. The van der Waals surface area contributed by atoms with E-state index >= 15 is 0 Å². The Labute approximate surface area is 411 Å². The molecule has 10 rings (SSSR count). The summed E-state index contributed by atoms with van der Waals surface area (Å²) in [5, 5.41) is 26.2. The number of aliphatic hydroxyl groups is 1. The summed E-state index contributed by atoms with van der Waals surface area (Å²) in [5.74, 6) is -1.19. The zero-order chi connectivity index (χ0) is 50.0. The molecule has 2 aromatic heterocycles. The number of aromatic amines is 1. The smallest absolute Gasteiger partial charge is 0.314 e. The third kappa shape index (κ3) is 9.56. The molecule has 2 saturated heterocycles. The minimum atomic E-state index is -4.74. The summed E-state index contributed by atoms with van der Waals surface area (Å²) < 4.78 is 57.0. The number of aromatic nitrogens is 2. The van der Waals surface area contributed by atoms with Gasteiger partial charge < -0.3 is 40.4 Å². The van der Waals surface area contributed by atoms with Crippen molar-refractivity contribution in [3.8, 4) is 17.2 Å². The number of H-pyrrole nitrogens is 1. The maximum atomic E-state index is 14.7. The molecule has 2 saturated carbocycles. The van der Waals surface area contributed by atoms with Crippen LogP contribution in [0.3, 0.4) is 0 Å². The molecule has 0 radical (unpaired) electrons. The fraction of sp³-hybridized carbons (Fsp3) is 0.471. The van der Waals surface area contributed by atoms with Crippen LogP contribution in [0.2, 0.25) is 0 Å². The van der Waals surface area contributed by atoms with Crippen molar-refractivity contribution in [3.05, 3.63) is 106 Å². The number of nitrogens with zero attached hydrogens (tertiary/aromatic N) is 5. The van der Waals surface area contributed by atoms with Gasteiger partial charge in [0.2, 0.25) is 0 Å². The van der Waals surface area contributed by atoms with E-state index in [2.05, 4.69) is 67.9 Å². The van der Waals surface area contributed by atoms with Crippen molar-refractivity contribution < 1.29 is 41.9 Å². The van der Waals surface area contributed by atoms with E-state index in [4.69, 9.17) is 15.2 Å². The van der Waals surface area contributed by atoms with Gasteiger partial charge in [0.05, 0.1) is 44.7 Å². The van der Waals surface area contributed by atoms with Gasteiger partial charge in [0.1, 0.15) is 29.6 Å². The number of carbonyl (C=O) groups excluding carboxylic acids is 2. The van der Waals surface area contributed by atoms with Crippen LogP contribution in [-0.4, -0.2) is 107 Å². The first-order chi connectivity index (χ1) is 33.9. The number of piperidine rings is 1. The second-order valence-electron chi connectivity index (χ2n) is 20.8. The molecule has 3 amide bonds. The molecule has 376 valence electrons. The first kappa shape index (κ1) is 48.1. The van der Waals surface area contributed by atoms with Gasteiger partial charge in [-0.15, -0.1) is 0 Å². The van der Waals surface area contributed by atoms with E-state index in [1.807, 2.05) is 0 Å². The zero-order valence-electron chi connectivity index (χ0n) is 40.0. The Morgan fingerprint density at radius 3 is 2.51 bits per heavy atom. The first-order valence-electron chi connectivity index (χ1n) is 24.5. The average Bonchev–Trinajstić information content (AvgIpc) is 3.71. The lowest BCUT2D eigenvalue weighted by molar-refractivity contribution is -0.384. The van der Waals surface area contributed by atoms with Crippen molar-refractivity contribution in [1.82, 2.24) is 24.5 Å². The maximum Gasteiger partial charge on any atom is 0.314 e.